The number of halogens is 1. The van der Waals surface area contributed by atoms with E-state index in [4.69, 9.17) is 0 Å². The molecule has 2 aromatic heterocycles. The highest BCUT2D eigenvalue weighted by molar-refractivity contribution is 5.31. The highest BCUT2D eigenvalue weighted by atomic mass is 19.1. The third-order valence-electron chi connectivity index (χ3n) is 4.06. The Balaban J connectivity index is 1.62. The molecule has 2 aromatic rings. The number of likely N-dealkylation sites (tertiary alicyclic amines) is 1. The molecule has 22 heavy (non-hydrogen) atoms. The number of anilines is 1. The van der Waals surface area contributed by atoms with Crippen LogP contribution in [0, 0.1) is 12.7 Å². The van der Waals surface area contributed by atoms with Gasteiger partial charge in [-0.15, -0.1) is 0 Å². The SMILES string of the molecule is Cc1ccnc(N(C)C2CCN(Cc3cncc(F)c3)C2)n1. The van der Waals surface area contributed by atoms with Gasteiger partial charge in [0.2, 0.25) is 5.95 Å². The second kappa shape index (κ2) is 6.36. The smallest absolute Gasteiger partial charge is 0.225 e. The molecule has 0 bridgehead atoms. The summed E-state index contributed by atoms with van der Waals surface area (Å²) in [5.74, 6) is 0.484. The molecule has 0 aliphatic carbocycles. The van der Waals surface area contributed by atoms with Gasteiger partial charge in [0, 0.05) is 50.8 Å². The first kappa shape index (κ1) is 14.8. The van der Waals surface area contributed by atoms with E-state index in [2.05, 4.69) is 24.8 Å². The van der Waals surface area contributed by atoms with E-state index < -0.39 is 0 Å². The molecule has 1 saturated heterocycles. The lowest BCUT2D eigenvalue weighted by Crippen LogP contribution is -2.35. The van der Waals surface area contributed by atoms with Crippen molar-refractivity contribution in [1.82, 2.24) is 19.9 Å². The van der Waals surface area contributed by atoms with E-state index in [9.17, 15) is 4.39 Å². The fraction of sp³-hybridized carbons (Fsp3) is 0.438. The van der Waals surface area contributed by atoms with Crippen molar-refractivity contribution in [3.63, 3.8) is 0 Å². The summed E-state index contributed by atoms with van der Waals surface area (Å²) in [4.78, 5) is 17.2. The van der Waals surface area contributed by atoms with Crippen LogP contribution >= 0.6 is 0 Å². The summed E-state index contributed by atoms with van der Waals surface area (Å²) in [5, 5.41) is 0. The molecule has 1 atom stereocenters. The largest absolute Gasteiger partial charge is 0.340 e. The minimum Gasteiger partial charge on any atom is -0.340 e. The highest BCUT2D eigenvalue weighted by Crippen LogP contribution is 2.20. The molecule has 1 aliphatic rings. The van der Waals surface area contributed by atoms with Crippen LogP contribution in [0.3, 0.4) is 0 Å². The number of rotatable bonds is 4. The topological polar surface area (TPSA) is 45.2 Å². The van der Waals surface area contributed by atoms with Crippen molar-refractivity contribution in [2.75, 3.05) is 25.0 Å². The molecule has 1 unspecified atom stereocenters. The monoisotopic (exact) mass is 301 g/mol. The molecule has 0 spiro atoms. The van der Waals surface area contributed by atoms with E-state index in [0.29, 0.717) is 6.04 Å². The zero-order chi connectivity index (χ0) is 15.5. The van der Waals surface area contributed by atoms with Crippen molar-refractivity contribution in [3.05, 3.63) is 47.8 Å². The summed E-state index contributed by atoms with van der Waals surface area (Å²) < 4.78 is 13.2. The van der Waals surface area contributed by atoms with Crippen LogP contribution in [0.1, 0.15) is 17.7 Å². The fourth-order valence-corrected chi connectivity index (χ4v) is 2.84. The summed E-state index contributed by atoms with van der Waals surface area (Å²) in [5.41, 5.74) is 1.88. The minimum atomic E-state index is -0.279. The molecule has 5 nitrogen and oxygen atoms in total. The molecular formula is C16H20FN5. The van der Waals surface area contributed by atoms with Crippen LogP contribution in [-0.2, 0) is 6.54 Å². The molecule has 3 rings (SSSR count). The Morgan fingerprint density at radius 2 is 2.27 bits per heavy atom. The van der Waals surface area contributed by atoms with Crippen molar-refractivity contribution >= 4 is 5.95 Å². The van der Waals surface area contributed by atoms with Crippen LogP contribution in [0.2, 0.25) is 0 Å². The van der Waals surface area contributed by atoms with E-state index in [-0.39, 0.29) is 5.82 Å². The van der Waals surface area contributed by atoms with E-state index in [1.165, 1.54) is 6.20 Å². The quantitative estimate of drug-likeness (QED) is 0.864. The lowest BCUT2D eigenvalue weighted by Gasteiger charge is -2.25. The van der Waals surface area contributed by atoms with E-state index in [1.54, 1.807) is 18.5 Å². The summed E-state index contributed by atoms with van der Waals surface area (Å²) in [6.45, 7) is 4.60. The zero-order valence-electron chi connectivity index (χ0n) is 12.9. The number of hydrogen-bond donors (Lipinski definition) is 0. The third-order valence-corrected chi connectivity index (χ3v) is 4.06. The van der Waals surface area contributed by atoms with Gasteiger partial charge in [0.15, 0.2) is 0 Å². The second-order valence-electron chi connectivity index (χ2n) is 5.80. The first-order chi connectivity index (χ1) is 10.6. The highest BCUT2D eigenvalue weighted by Gasteiger charge is 2.27. The number of likely N-dealkylation sites (N-methyl/N-ethyl adjacent to an activating group) is 1. The number of hydrogen-bond acceptors (Lipinski definition) is 5. The maximum atomic E-state index is 13.2. The van der Waals surface area contributed by atoms with E-state index in [0.717, 1.165) is 43.3 Å². The van der Waals surface area contributed by atoms with Crippen molar-refractivity contribution in [2.45, 2.75) is 25.9 Å². The Morgan fingerprint density at radius 3 is 3.05 bits per heavy atom. The average Bonchev–Trinajstić information content (AvgIpc) is 2.95. The fourth-order valence-electron chi connectivity index (χ4n) is 2.84. The van der Waals surface area contributed by atoms with Gasteiger partial charge in [0.05, 0.1) is 6.20 Å². The van der Waals surface area contributed by atoms with Crippen molar-refractivity contribution in [3.8, 4) is 0 Å². The lowest BCUT2D eigenvalue weighted by atomic mass is 10.2. The molecule has 0 aromatic carbocycles. The molecular weight excluding hydrogens is 281 g/mol. The Labute approximate surface area is 129 Å². The van der Waals surface area contributed by atoms with Crippen molar-refractivity contribution < 1.29 is 4.39 Å². The van der Waals surface area contributed by atoms with Crippen LogP contribution in [0.25, 0.3) is 0 Å². The van der Waals surface area contributed by atoms with Gasteiger partial charge >= 0.3 is 0 Å². The maximum Gasteiger partial charge on any atom is 0.225 e. The summed E-state index contributed by atoms with van der Waals surface area (Å²) in [6.07, 6.45) is 5.80. The normalized spacial score (nSPS) is 18.6. The van der Waals surface area contributed by atoms with E-state index in [1.807, 2.05) is 20.0 Å². The first-order valence-electron chi connectivity index (χ1n) is 7.46. The number of aryl methyl sites for hydroxylation is 1. The van der Waals surface area contributed by atoms with Gasteiger partial charge in [-0.05, 0) is 31.0 Å². The summed E-state index contributed by atoms with van der Waals surface area (Å²) >= 11 is 0. The molecule has 0 saturated carbocycles. The zero-order valence-corrected chi connectivity index (χ0v) is 12.9. The Hall–Kier alpha value is -2.08. The standard InChI is InChI=1S/C16H20FN5/c1-12-3-5-19-16(20-12)21(2)15-4-6-22(11-15)10-13-7-14(17)9-18-8-13/h3,5,7-9,15H,4,6,10-11H2,1-2H3. The van der Waals surface area contributed by atoms with Gasteiger partial charge < -0.3 is 4.90 Å². The number of aromatic nitrogens is 3. The number of pyridine rings is 1. The summed E-state index contributed by atoms with van der Waals surface area (Å²) in [6, 6.07) is 3.83. The molecule has 0 N–H and O–H groups in total. The van der Waals surface area contributed by atoms with Gasteiger partial charge in [0.25, 0.3) is 0 Å². The molecule has 116 valence electrons. The van der Waals surface area contributed by atoms with Crippen LogP contribution in [0.5, 0.6) is 0 Å². The van der Waals surface area contributed by atoms with Gasteiger partial charge in [0.1, 0.15) is 5.82 Å². The minimum absolute atomic E-state index is 0.279. The first-order valence-corrected chi connectivity index (χ1v) is 7.46. The molecule has 0 radical (unpaired) electrons. The van der Waals surface area contributed by atoms with Gasteiger partial charge in [-0.1, -0.05) is 0 Å². The van der Waals surface area contributed by atoms with Crippen molar-refractivity contribution in [1.29, 1.82) is 0 Å². The van der Waals surface area contributed by atoms with E-state index >= 15 is 0 Å². The van der Waals surface area contributed by atoms with Crippen LogP contribution in [0.15, 0.2) is 30.7 Å². The van der Waals surface area contributed by atoms with Crippen molar-refractivity contribution in [2.24, 2.45) is 0 Å². The lowest BCUT2D eigenvalue weighted by molar-refractivity contribution is 0.324. The number of nitrogens with zero attached hydrogens (tertiary/aromatic N) is 5. The predicted molar refractivity (Wildman–Crippen MR) is 83.0 cm³/mol. The van der Waals surface area contributed by atoms with Gasteiger partial charge in [-0.2, -0.15) is 0 Å². The van der Waals surface area contributed by atoms with Gasteiger partial charge in [-0.25, -0.2) is 14.4 Å². The Morgan fingerprint density at radius 1 is 1.41 bits per heavy atom. The van der Waals surface area contributed by atoms with Crippen LogP contribution in [0.4, 0.5) is 10.3 Å². The third kappa shape index (κ3) is 3.39. The Bertz CT molecular complexity index is 648. The summed E-state index contributed by atoms with van der Waals surface area (Å²) in [7, 11) is 2.03. The molecule has 1 aliphatic heterocycles. The average molecular weight is 301 g/mol. The second-order valence-corrected chi connectivity index (χ2v) is 5.80. The molecule has 3 heterocycles. The molecule has 1 fully saturated rings. The molecule has 6 heteroatoms. The Kier molecular flexibility index (Phi) is 4.29. The van der Waals surface area contributed by atoms with Crippen LogP contribution in [-0.4, -0.2) is 46.0 Å². The van der Waals surface area contributed by atoms with Crippen LogP contribution < -0.4 is 4.90 Å². The maximum absolute atomic E-state index is 13.2. The predicted octanol–water partition coefficient (Wildman–Crippen LogP) is 2.03. The van der Waals surface area contributed by atoms with Gasteiger partial charge in [-0.3, -0.25) is 9.88 Å². The molecule has 0 amide bonds.